The number of thioether (sulfide) groups is 1. The summed E-state index contributed by atoms with van der Waals surface area (Å²) < 4.78 is 1.83. The molecule has 2 N–H and O–H groups in total. The van der Waals surface area contributed by atoms with Crippen LogP contribution in [0.25, 0.3) is 0 Å². The van der Waals surface area contributed by atoms with E-state index in [0.29, 0.717) is 16.7 Å². The van der Waals surface area contributed by atoms with Crippen molar-refractivity contribution >= 4 is 29.3 Å². The molecule has 0 bridgehead atoms. The van der Waals surface area contributed by atoms with Crippen LogP contribution in [0.5, 0.6) is 0 Å². The highest BCUT2D eigenvalue weighted by atomic mass is 32.2. The number of fused-ring (bicyclic) bond motifs is 1. The van der Waals surface area contributed by atoms with Crippen LogP contribution in [-0.4, -0.2) is 20.7 Å². The first-order chi connectivity index (χ1) is 17.0. The smallest absolute Gasteiger partial charge is 0.255 e. The van der Waals surface area contributed by atoms with E-state index in [9.17, 15) is 4.79 Å². The van der Waals surface area contributed by atoms with Gasteiger partial charge in [-0.1, -0.05) is 89.6 Å². The van der Waals surface area contributed by atoms with Gasteiger partial charge in [-0.15, -0.1) is 5.10 Å². The standard InChI is InChI=1S/C28H27N5OS/c1-18-12-14-22(15-13-18)25-24(26(34)30-23-10-5-4-6-11-23)20(3)29-27-31-28(32-33(25)27)35-17-21-9-7-8-19(2)16-21/h4-16,25H,17H2,1-3H3,(H,30,34)(H,29,31,32)/t25-/m1/s1. The highest BCUT2D eigenvalue weighted by Crippen LogP contribution is 2.37. The minimum absolute atomic E-state index is 0.165. The maximum absolute atomic E-state index is 13.5. The lowest BCUT2D eigenvalue weighted by Gasteiger charge is -2.28. The molecule has 6 nitrogen and oxygen atoms in total. The molecule has 0 unspecified atom stereocenters. The Morgan fingerprint density at radius 1 is 0.971 bits per heavy atom. The molecular weight excluding hydrogens is 454 g/mol. The number of benzene rings is 3. The van der Waals surface area contributed by atoms with Crippen molar-refractivity contribution in [2.24, 2.45) is 0 Å². The molecule has 1 aliphatic heterocycles. The van der Waals surface area contributed by atoms with E-state index in [4.69, 9.17) is 10.1 Å². The van der Waals surface area contributed by atoms with E-state index in [0.717, 1.165) is 28.3 Å². The number of carbonyl (C=O) groups is 1. The molecule has 2 heterocycles. The number of nitrogens with one attached hydrogen (secondary N) is 2. The number of amides is 1. The zero-order valence-electron chi connectivity index (χ0n) is 19.9. The summed E-state index contributed by atoms with van der Waals surface area (Å²) in [7, 11) is 0. The average molecular weight is 482 g/mol. The van der Waals surface area contributed by atoms with E-state index >= 15 is 0 Å². The Morgan fingerprint density at radius 3 is 2.49 bits per heavy atom. The lowest BCUT2D eigenvalue weighted by Crippen LogP contribution is -2.31. The first-order valence-electron chi connectivity index (χ1n) is 11.5. The van der Waals surface area contributed by atoms with Crippen LogP contribution in [0.4, 0.5) is 11.6 Å². The third-order valence-corrected chi connectivity index (χ3v) is 6.86. The number of rotatable bonds is 6. The zero-order valence-corrected chi connectivity index (χ0v) is 20.8. The second-order valence-electron chi connectivity index (χ2n) is 8.74. The third-order valence-electron chi connectivity index (χ3n) is 5.95. The van der Waals surface area contributed by atoms with Crippen molar-refractivity contribution in [3.63, 3.8) is 0 Å². The minimum atomic E-state index is -0.392. The Hall–Kier alpha value is -3.84. The topological polar surface area (TPSA) is 71.8 Å². The first-order valence-corrected chi connectivity index (χ1v) is 12.5. The largest absolute Gasteiger partial charge is 0.328 e. The van der Waals surface area contributed by atoms with E-state index < -0.39 is 6.04 Å². The van der Waals surface area contributed by atoms with Crippen LogP contribution in [0.15, 0.2) is 95.3 Å². The van der Waals surface area contributed by atoms with Gasteiger partial charge in [0.1, 0.15) is 6.04 Å². The van der Waals surface area contributed by atoms with Crippen molar-refractivity contribution in [2.45, 2.75) is 37.7 Å². The lowest BCUT2D eigenvalue weighted by molar-refractivity contribution is -0.113. The predicted molar refractivity (Wildman–Crippen MR) is 141 cm³/mol. The van der Waals surface area contributed by atoms with Crippen LogP contribution in [0, 0.1) is 13.8 Å². The first kappa shape index (κ1) is 22.9. The molecule has 3 aromatic carbocycles. The Morgan fingerprint density at radius 2 is 1.74 bits per heavy atom. The summed E-state index contributed by atoms with van der Waals surface area (Å²) in [5, 5.41) is 11.9. The van der Waals surface area contributed by atoms with Crippen LogP contribution < -0.4 is 10.6 Å². The summed E-state index contributed by atoms with van der Waals surface area (Å²) in [6.45, 7) is 6.06. The van der Waals surface area contributed by atoms with E-state index in [1.54, 1.807) is 11.8 Å². The lowest BCUT2D eigenvalue weighted by atomic mass is 9.94. The fourth-order valence-corrected chi connectivity index (χ4v) is 4.99. The fraction of sp³-hybridized carbons (Fsp3) is 0.179. The second kappa shape index (κ2) is 9.80. The molecule has 1 aliphatic rings. The Kier molecular flexibility index (Phi) is 6.42. The zero-order chi connectivity index (χ0) is 24.4. The summed E-state index contributed by atoms with van der Waals surface area (Å²) in [5.74, 6) is 1.24. The fourth-order valence-electron chi connectivity index (χ4n) is 4.21. The van der Waals surface area contributed by atoms with Gasteiger partial charge in [-0.3, -0.25) is 4.79 Å². The molecule has 0 spiro atoms. The van der Waals surface area contributed by atoms with E-state index in [1.807, 2.05) is 41.9 Å². The normalized spacial score (nSPS) is 14.9. The monoisotopic (exact) mass is 481 g/mol. The van der Waals surface area contributed by atoms with Crippen LogP contribution in [0.1, 0.15) is 35.2 Å². The van der Waals surface area contributed by atoms with Gasteiger partial charge in [0.25, 0.3) is 5.91 Å². The molecule has 5 rings (SSSR count). The van der Waals surface area contributed by atoms with Crippen LogP contribution in [0.3, 0.4) is 0 Å². The van der Waals surface area contributed by atoms with Crippen LogP contribution >= 0.6 is 11.8 Å². The summed E-state index contributed by atoms with van der Waals surface area (Å²) in [6.07, 6.45) is 0. The molecule has 1 atom stereocenters. The highest BCUT2D eigenvalue weighted by Gasteiger charge is 2.34. The quantitative estimate of drug-likeness (QED) is 0.325. The number of aromatic nitrogens is 3. The predicted octanol–water partition coefficient (Wildman–Crippen LogP) is 6.11. The number of aryl methyl sites for hydroxylation is 2. The third kappa shape index (κ3) is 5.00. The van der Waals surface area contributed by atoms with Crippen molar-refractivity contribution in [3.8, 4) is 0 Å². The van der Waals surface area contributed by atoms with E-state index in [2.05, 4.69) is 73.0 Å². The molecule has 4 aromatic rings. The van der Waals surface area contributed by atoms with Crippen molar-refractivity contribution in [1.29, 1.82) is 0 Å². The molecule has 0 fully saturated rings. The SMILES string of the molecule is CC1=C(C(=O)Nc2ccccc2)[C@@H](c2ccc(C)cc2)n2nc(SCc3cccc(C)c3)nc2N1. The van der Waals surface area contributed by atoms with Crippen LogP contribution in [0.2, 0.25) is 0 Å². The molecular formula is C28H27N5OS. The molecule has 35 heavy (non-hydrogen) atoms. The number of para-hydroxylation sites is 1. The summed E-state index contributed by atoms with van der Waals surface area (Å²) in [4.78, 5) is 18.3. The van der Waals surface area contributed by atoms with Crippen molar-refractivity contribution in [1.82, 2.24) is 14.8 Å². The van der Waals surface area contributed by atoms with Gasteiger partial charge in [-0.2, -0.15) is 4.98 Å². The second-order valence-corrected chi connectivity index (χ2v) is 9.68. The maximum atomic E-state index is 13.5. The van der Waals surface area contributed by atoms with Crippen molar-refractivity contribution in [3.05, 3.63) is 112 Å². The van der Waals surface area contributed by atoms with Gasteiger partial charge < -0.3 is 10.6 Å². The minimum Gasteiger partial charge on any atom is -0.328 e. The molecule has 1 aromatic heterocycles. The van der Waals surface area contributed by atoms with Crippen LogP contribution in [-0.2, 0) is 10.5 Å². The molecule has 0 radical (unpaired) electrons. The van der Waals surface area contributed by atoms with E-state index in [-0.39, 0.29) is 5.91 Å². The number of carbonyl (C=O) groups excluding carboxylic acids is 1. The molecule has 0 saturated carbocycles. The summed E-state index contributed by atoms with van der Waals surface area (Å²) in [5.41, 5.74) is 6.73. The molecule has 0 saturated heterocycles. The maximum Gasteiger partial charge on any atom is 0.255 e. The van der Waals surface area contributed by atoms with Crippen molar-refractivity contribution < 1.29 is 4.79 Å². The molecule has 176 valence electrons. The number of anilines is 2. The van der Waals surface area contributed by atoms with Gasteiger partial charge in [-0.25, -0.2) is 4.68 Å². The van der Waals surface area contributed by atoms with E-state index in [1.165, 1.54) is 11.1 Å². The number of hydrogen-bond acceptors (Lipinski definition) is 5. The number of allylic oxidation sites excluding steroid dienone is 1. The summed E-state index contributed by atoms with van der Waals surface area (Å²) in [6, 6.07) is 25.8. The van der Waals surface area contributed by atoms with Gasteiger partial charge in [0.15, 0.2) is 0 Å². The highest BCUT2D eigenvalue weighted by molar-refractivity contribution is 7.98. The molecule has 0 aliphatic carbocycles. The van der Waals surface area contributed by atoms with Gasteiger partial charge in [-0.05, 0) is 44.0 Å². The van der Waals surface area contributed by atoms with Gasteiger partial charge in [0, 0.05) is 17.1 Å². The summed E-state index contributed by atoms with van der Waals surface area (Å²) >= 11 is 1.59. The Labute approximate surface area is 209 Å². The Balaban J connectivity index is 1.48. The van der Waals surface area contributed by atoms with Gasteiger partial charge in [0.2, 0.25) is 11.1 Å². The molecule has 1 amide bonds. The number of nitrogens with zero attached hydrogens (tertiary/aromatic N) is 3. The Bertz CT molecular complexity index is 1390. The van der Waals surface area contributed by atoms with Crippen molar-refractivity contribution in [2.75, 3.05) is 10.6 Å². The average Bonchev–Trinajstić information content (AvgIpc) is 3.25. The van der Waals surface area contributed by atoms with Gasteiger partial charge >= 0.3 is 0 Å². The number of hydrogen-bond donors (Lipinski definition) is 2. The molecule has 7 heteroatoms. The van der Waals surface area contributed by atoms with Gasteiger partial charge in [0.05, 0.1) is 5.57 Å².